The van der Waals surface area contributed by atoms with E-state index in [0.29, 0.717) is 5.75 Å². The number of ketones is 2. The first-order chi connectivity index (χ1) is 16.0. The fraction of sp³-hybridized carbons (Fsp3) is 0.292. The summed E-state index contributed by atoms with van der Waals surface area (Å²) in [7, 11) is 1.38. The Morgan fingerprint density at radius 2 is 1.65 bits per heavy atom. The SMILES string of the molecule is CCOC(=O)[C@H]1[C@H](c2ccc(OC)cc2)C2=C(O[C@]1(O)C(F)(F)F)C(=O)c1ccccc1C2=O. The fourth-order valence-corrected chi connectivity index (χ4v) is 4.30. The van der Waals surface area contributed by atoms with Crippen molar-refractivity contribution < 1.29 is 46.9 Å². The highest BCUT2D eigenvalue weighted by molar-refractivity contribution is 6.27. The number of carbonyl (C=O) groups excluding carboxylic acids is 3. The second-order valence-electron chi connectivity index (χ2n) is 7.72. The molecule has 4 rings (SSSR count). The van der Waals surface area contributed by atoms with Gasteiger partial charge in [-0.2, -0.15) is 13.2 Å². The number of hydrogen-bond donors (Lipinski definition) is 1. The number of alkyl halides is 3. The van der Waals surface area contributed by atoms with Crippen LogP contribution in [0.15, 0.2) is 59.9 Å². The predicted molar refractivity (Wildman–Crippen MR) is 110 cm³/mol. The van der Waals surface area contributed by atoms with Crippen molar-refractivity contribution >= 4 is 17.5 Å². The standard InChI is InChI=1S/C24H19F3O7/c1-3-33-22(30)18-16(12-8-10-13(32-2)11-9-12)17-19(28)14-6-4-5-7-15(14)20(29)21(17)34-23(18,31)24(25,26)27/h4-11,16,18,31H,3H2,1-2H3/t16-,18-,23+/m1/s1. The summed E-state index contributed by atoms with van der Waals surface area (Å²) in [4.78, 5) is 39.5. The molecule has 0 saturated heterocycles. The van der Waals surface area contributed by atoms with Crippen LogP contribution >= 0.6 is 0 Å². The van der Waals surface area contributed by atoms with E-state index in [9.17, 15) is 32.7 Å². The summed E-state index contributed by atoms with van der Waals surface area (Å²) < 4.78 is 57.5. The third-order valence-electron chi connectivity index (χ3n) is 5.86. The van der Waals surface area contributed by atoms with E-state index in [1.54, 1.807) is 0 Å². The lowest BCUT2D eigenvalue weighted by Gasteiger charge is -2.45. The van der Waals surface area contributed by atoms with Crippen molar-refractivity contribution in [2.24, 2.45) is 5.92 Å². The van der Waals surface area contributed by atoms with Crippen LogP contribution in [-0.4, -0.2) is 48.3 Å². The highest BCUT2D eigenvalue weighted by atomic mass is 19.4. The number of esters is 1. The summed E-state index contributed by atoms with van der Waals surface area (Å²) in [5.74, 6) is -12.1. The van der Waals surface area contributed by atoms with Crippen LogP contribution in [0, 0.1) is 5.92 Å². The lowest BCUT2D eigenvalue weighted by Crippen LogP contribution is -2.61. The van der Waals surface area contributed by atoms with E-state index < -0.39 is 52.7 Å². The van der Waals surface area contributed by atoms with Crippen molar-refractivity contribution in [2.75, 3.05) is 13.7 Å². The Hall–Kier alpha value is -3.66. The minimum absolute atomic E-state index is 0.0478. The molecule has 0 saturated carbocycles. The van der Waals surface area contributed by atoms with Gasteiger partial charge in [0.15, 0.2) is 11.5 Å². The molecule has 1 N–H and O–H groups in total. The van der Waals surface area contributed by atoms with Gasteiger partial charge in [0.25, 0.3) is 0 Å². The molecule has 0 aromatic heterocycles. The van der Waals surface area contributed by atoms with Gasteiger partial charge in [-0.05, 0) is 24.6 Å². The summed E-state index contributed by atoms with van der Waals surface area (Å²) in [6.45, 7) is 1.09. The molecule has 0 unspecified atom stereocenters. The summed E-state index contributed by atoms with van der Waals surface area (Å²) in [5.41, 5.74) is -0.619. The van der Waals surface area contributed by atoms with Crippen LogP contribution in [0.4, 0.5) is 13.2 Å². The largest absolute Gasteiger partial charge is 0.497 e. The molecule has 0 bridgehead atoms. The second-order valence-corrected chi connectivity index (χ2v) is 7.72. The van der Waals surface area contributed by atoms with Gasteiger partial charge in [-0.25, -0.2) is 0 Å². The van der Waals surface area contributed by atoms with Crippen LogP contribution < -0.4 is 4.74 Å². The van der Waals surface area contributed by atoms with Crippen LogP contribution in [0.25, 0.3) is 0 Å². The zero-order valence-electron chi connectivity index (χ0n) is 18.0. The maximum absolute atomic E-state index is 14.2. The van der Waals surface area contributed by atoms with E-state index in [1.807, 2.05) is 0 Å². The predicted octanol–water partition coefficient (Wildman–Crippen LogP) is 3.57. The number of allylic oxidation sites excluding steroid dienone is 2. The molecule has 1 heterocycles. The number of methoxy groups -OCH3 is 1. The van der Waals surface area contributed by atoms with Crippen molar-refractivity contribution in [3.05, 3.63) is 76.6 Å². The molecule has 178 valence electrons. The monoisotopic (exact) mass is 476 g/mol. The topological polar surface area (TPSA) is 99.1 Å². The van der Waals surface area contributed by atoms with E-state index in [2.05, 4.69) is 0 Å². The average molecular weight is 476 g/mol. The van der Waals surface area contributed by atoms with Crippen molar-refractivity contribution in [1.82, 2.24) is 0 Å². The lowest BCUT2D eigenvalue weighted by atomic mass is 9.69. The third-order valence-corrected chi connectivity index (χ3v) is 5.86. The molecule has 2 aliphatic rings. The van der Waals surface area contributed by atoms with Gasteiger partial charge in [0.2, 0.25) is 5.78 Å². The van der Waals surface area contributed by atoms with Crippen molar-refractivity contribution in [2.45, 2.75) is 24.8 Å². The first-order valence-electron chi connectivity index (χ1n) is 10.3. The Balaban J connectivity index is 2.03. The molecular formula is C24H19F3O7. The van der Waals surface area contributed by atoms with Gasteiger partial charge in [-0.3, -0.25) is 14.4 Å². The lowest BCUT2D eigenvalue weighted by molar-refractivity contribution is -0.375. The first kappa shape index (κ1) is 23.5. The maximum atomic E-state index is 14.2. The molecule has 0 amide bonds. The molecular weight excluding hydrogens is 457 g/mol. The average Bonchev–Trinajstić information content (AvgIpc) is 2.81. The van der Waals surface area contributed by atoms with Gasteiger partial charge >= 0.3 is 17.9 Å². The maximum Gasteiger partial charge on any atom is 0.456 e. The molecule has 0 radical (unpaired) electrons. The minimum atomic E-state index is -5.52. The zero-order chi connectivity index (χ0) is 24.8. The molecule has 34 heavy (non-hydrogen) atoms. The normalized spacial score (nSPS) is 24.2. The van der Waals surface area contributed by atoms with Crippen molar-refractivity contribution in [3.8, 4) is 5.75 Å². The van der Waals surface area contributed by atoms with E-state index in [-0.39, 0.29) is 23.3 Å². The van der Waals surface area contributed by atoms with Gasteiger partial charge < -0.3 is 19.3 Å². The molecule has 1 aliphatic carbocycles. The third kappa shape index (κ3) is 3.45. The van der Waals surface area contributed by atoms with Crippen molar-refractivity contribution in [1.29, 1.82) is 0 Å². The molecule has 2 aromatic carbocycles. The van der Waals surface area contributed by atoms with Gasteiger partial charge in [-0.15, -0.1) is 0 Å². The van der Waals surface area contributed by atoms with Gasteiger partial charge in [0.05, 0.1) is 19.3 Å². The molecule has 3 atom stereocenters. The quantitative estimate of drug-likeness (QED) is 0.674. The first-order valence-corrected chi connectivity index (χ1v) is 10.3. The fourth-order valence-electron chi connectivity index (χ4n) is 4.30. The number of benzene rings is 2. The molecule has 0 fully saturated rings. The van der Waals surface area contributed by atoms with E-state index >= 15 is 0 Å². The summed E-state index contributed by atoms with van der Waals surface area (Å²) >= 11 is 0. The van der Waals surface area contributed by atoms with E-state index in [0.717, 1.165) is 0 Å². The van der Waals surface area contributed by atoms with Crippen LogP contribution in [-0.2, 0) is 14.3 Å². The number of halogens is 3. The highest BCUT2D eigenvalue weighted by Gasteiger charge is 2.70. The van der Waals surface area contributed by atoms with Crippen LogP contribution in [0.3, 0.4) is 0 Å². The summed E-state index contributed by atoms with van der Waals surface area (Å²) in [6, 6.07) is 11.1. The number of ether oxygens (including phenoxy) is 3. The Kier molecular flexibility index (Phi) is 5.72. The number of carbonyl (C=O) groups is 3. The molecule has 7 nitrogen and oxygen atoms in total. The summed E-state index contributed by atoms with van der Waals surface area (Å²) in [6.07, 6.45) is -5.52. The van der Waals surface area contributed by atoms with Gasteiger partial charge in [0, 0.05) is 17.0 Å². The molecule has 10 heteroatoms. The molecule has 2 aromatic rings. The number of fused-ring (bicyclic) bond motifs is 1. The zero-order valence-corrected chi connectivity index (χ0v) is 18.0. The number of hydrogen-bond acceptors (Lipinski definition) is 7. The molecule has 0 spiro atoms. The Bertz CT molecular complexity index is 1200. The van der Waals surface area contributed by atoms with Crippen molar-refractivity contribution in [3.63, 3.8) is 0 Å². The van der Waals surface area contributed by atoms with Crippen LogP contribution in [0.2, 0.25) is 0 Å². The van der Waals surface area contributed by atoms with Crippen LogP contribution in [0.1, 0.15) is 39.1 Å². The Labute approximate surface area is 191 Å². The van der Waals surface area contributed by atoms with Gasteiger partial charge in [-0.1, -0.05) is 36.4 Å². The molecule has 1 aliphatic heterocycles. The Morgan fingerprint density at radius 1 is 1.06 bits per heavy atom. The number of Topliss-reactive ketones (excluding diaryl/α,β-unsaturated/α-hetero) is 2. The van der Waals surface area contributed by atoms with Crippen LogP contribution in [0.5, 0.6) is 5.75 Å². The number of rotatable bonds is 4. The summed E-state index contributed by atoms with van der Waals surface area (Å²) in [5, 5.41) is 10.8. The highest BCUT2D eigenvalue weighted by Crippen LogP contribution is 2.54. The van der Waals surface area contributed by atoms with Gasteiger partial charge in [0.1, 0.15) is 11.7 Å². The minimum Gasteiger partial charge on any atom is -0.497 e. The number of aliphatic hydroxyl groups is 1. The van der Waals surface area contributed by atoms with E-state index in [1.165, 1.54) is 62.6 Å². The second kappa shape index (κ2) is 8.28. The smallest absolute Gasteiger partial charge is 0.456 e. The van der Waals surface area contributed by atoms with E-state index in [4.69, 9.17) is 14.2 Å². The Morgan fingerprint density at radius 3 is 2.18 bits per heavy atom.